The molecule has 3 aromatic rings. The Hall–Kier alpha value is -2.37. The summed E-state index contributed by atoms with van der Waals surface area (Å²) in [5, 5.41) is 1.34. The summed E-state index contributed by atoms with van der Waals surface area (Å²) >= 11 is 12.5. The van der Waals surface area contributed by atoms with Crippen LogP contribution in [0.25, 0.3) is 0 Å². The van der Waals surface area contributed by atoms with Crippen LogP contribution in [0, 0.1) is 5.92 Å². The van der Waals surface area contributed by atoms with Gasteiger partial charge in [0.15, 0.2) is 0 Å². The van der Waals surface area contributed by atoms with Crippen LogP contribution in [0.4, 0.5) is 0 Å². The van der Waals surface area contributed by atoms with Gasteiger partial charge in [-0.2, -0.15) is 0 Å². The first-order valence-electron chi connectivity index (χ1n) is 12.9. The van der Waals surface area contributed by atoms with Gasteiger partial charge >= 0.3 is 0 Å². The highest BCUT2D eigenvalue weighted by molar-refractivity contribution is 6.35. The molecule has 6 heteroatoms. The van der Waals surface area contributed by atoms with Crippen molar-refractivity contribution in [2.45, 2.75) is 25.4 Å². The second-order valence-corrected chi connectivity index (χ2v) is 10.7. The Balaban J connectivity index is 1.21. The zero-order chi connectivity index (χ0) is 24.9. The number of nitrogens with zero attached hydrogens (tertiary/aromatic N) is 3. The van der Waals surface area contributed by atoms with Crippen LogP contribution in [0.3, 0.4) is 0 Å². The first-order chi connectivity index (χ1) is 17.6. The van der Waals surface area contributed by atoms with Crippen molar-refractivity contribution in [3.8, 4) is 0 Å². The van der Waals surface area contributed by atoms with Crippen LogP contribution >= 0.6 is 23.2 Å². The van der Waals surface area contributed by atoms with Crippen LogP contribution in [-0.2, 0) is 11.3 Å². The lowest BCUT2D eigenvalue weighted by molar-refractivity contribution is -0.139. The average Bonchev–Trinajstić information content (AvgIpc) is 2.92. The minimum atomic E-state index is 0.0513. The number of likely N-dealkylation sites (tertiary alicyclic amines) is 1. The number of carbonyl (C=O) groups is 1. The SMILES string of the molecule is O=C(C1CCCN(Cc2ccc(Cl)cc2Cl)C1)N1CCN(C(c2ccccc2)c2ccccc2)CC1. The van der Waals surface area contributed by atoms with E-state index >= 15 is 0 Å². The lowest BCUT2D eigenvalue weighted by Crippen LogP contribution is -2.53. The van der Waals surface area contributed by atoms with Gasteiger partial charge < -0.3 is 4.90 Å². The molecule has 0 spiro atoms. The minimum Gasteiger partial charge on any atom is -0.340 e. The molecule has 1 atom stereocenters. The maximum Gasteiger partial charge on any atom is 0.227 e. The molecular formula is C30H33Cl2N3O. The number of piperazine rings is 1. The largest absolute Gasteiger partial charge is 0.340 e. The molecule has 0 N–H and O–H groups in total. The zero-order valence-electron chi connectivity index (χ0n) is 20.5. The molecule has 36 heavy (non-hydrogen) atoms. The van der Waals surface area contributed by atoms with E-state index in [-0.39, 0.29) is 12.0 Å². The smallest absolute Gasteiger partial charge is 0.227 e. The summed E-state index contributed by atoms with van der Waals surface area (Å²) in [6.07, 6.45) is 1.99. The van der Waals surface area contributed by atoms with Crippen molar-refractivity contribution in [1.29, 1.82) is 0 Å². The fourth-order valence-corrected chi connectivity index (χ4v) is 6.10. The van der Waals surface area contributed by atoms with Gasteiger partial charge in [0.05, 0.1) is 12.0 Å². The van der Waals surface area contributed by atoms with Crippen molar-refractivity contribution < 1.29 is 4.79 Å². The lowest BCUT2D eigenvalue weighted by Gasteiger charge is -2.42. The Morgan fingerprint density at radius 1 is 0.833 bits per heavy atom. The summed E-state index contributed by atoms with van der Waals surface area (Å²) in [6.45, 7) is 5.82. The fraction of sp³-hybridized carbons (Fsp3) is 0.367. The van der Waals surface area contributed by atoms with Crippen LogP contribution in [0.15, 0.2) is 78.9 Å². The number of rotatable bonds is 6. The third kappa shape index (κ3) is 5.95. The molecule has 3 aromatic carbocycles. The first-order valence-corrected chi connectivity index (χ1v) is 13.6. The molecule has 0 radical (unpaired) electrons. The Bertz CT molecular complexity index is 1110. The summed E-state index contributed by atoms with van der Waals surface area (Å²) in [5.74, 6) is 0.355. The van der Waals surface area contributed by atoms with Gasteiger partial charge in [-0.3, -0.25) is 14.6 Å². The highest BCUT2D eigenvalue weighted by atomic mass is 35.5. The third-order valence-corrected chi connectivity index (χ3v) is 8.07. The van der Waals surface area contributed by atoms with Crippen molar-refractivity contribution in [2.24, 2.45) is 5.92 Å². The van der Waals surface area contributed by atoms with E-state index in [2.05, 4.69) is 75.4 Å². The topological polar surface area (TPSA) is 26.8 Å². The maximum absolute atomic E-state index is 13.5. The molecule has 1 amide bonds. The number of hydrogen-bond acceptors (Lipinski definition) is 3. The predicted octanol–water partition coefficient (Wildman–Crippen LogP) is 6.14. The molecule has 2 fully saturated rings. The van der Waals surface area contributed by atoms with E-state index < -0.39 is 0 Å². The highest BCUT2D eigenvalue weighted by Gasteiger charge is 2.33. The summed E-state index contributed by atoms with van der Waals surface area (Å²) < 4.78 is 0. The molecule has 2 aliphatic rings. The van der Waals surface area contributed by atoms with Crippen LogP contribution in [0.5, 0.6) is 0 Å². The van der Waals surface area contributed by atoms with Gasteiger partial charge in [0.2, 0.25) is 5.91 Å². The Morgan fingerprint density at radius 3 is 2.08 bits per heavy atom. The van der Waals surface area contributed by atoms with Crippen LogP contribution in [0.2, 0.25) is 10.0 Å². The normalized spacial score (nSPS) is 19.5. The number of piperidine rings is 1. The molecule has 2 saturated heterocycles. The number of halogens is 2. The van der Waals surface area contributed by atoms with Crippen molar-refractivity contribution in [3.63, 3.8) is 0 Å². The predicted molar refractivity (Wildman–Crippen MR) is 147 cm³/mol. The Morgan fingerprint density at radius 2 is 1.47 bits per heavy atom. The van der Waals surface area contributed by atoms with Crippen LogP contribution in [0.1, 0.15) is 35.6 Å². The molecule has 2 heterocycles. The van der Waals surface area contributed by atoms with E-state index in [1.54, 1.807) is 6.07 Å². The quantitative estimate of drug-likeness (QED) is 0.389. The number of hydrogen-bond donors (Lipinski definition) is 0. The molecule has 1 unspecified atom stereocenters. The summed E-state index contributed by atoms with van der Waals surface area (Å²) in [6, 6.07) is 27.3. The summed E-state index contributed by atoms with van der Waals surface area (Å²) in [7, 11) is 0. The highest BCUT2D eigenvalue weighted by Crippen LogP contribution is 2.30. The summed E-state index contributed by atoms with van der Waals surface area (Å²) in [4.78, 5) is 20.5. The average molecular weight is 523 g/mol. The Kier molecular flexibility index (Phi) is 8.28. The molecule has 0 aliphatic carbocycles. The van der Waals surface area contributed by atoms with Crippen molar-refractivity contribution in [3.05, 3.63) is 106 Å². The van der Waals surface area contributed by atoms with E-state index in [0.717, 1.165) is 64.2 Å². The zero-order valence-corrected chi connectivity index (χ0v) is 22.0. The molecule has 2 aliphatic heterocycles. The summed E-state index contributed by atoms with van der Waals surface area (Å²) in [5.41, 5.74) is 3.66. The molecular weight excluding hydrogens is 489 g/mol. The van der Waals surface area contributed by atoms with E-state index in [9.17, 15) is 4.79 Å². The van der Waals surface area contributed by atoms with E-state index in [1.807, 2.05) is 12.1 Å². The number of benzene rings is 3. The van der Waals surface area contributed by atoms with Gasteiger partial charge in [0.25, 0.3) is 0 Å². The molecule has 5 rings (SSSR count). The molecule has 0 saturated carbocycles. The molecule has 188 valence electrons. The molecule has 4 nitrogen and oxygen atoms in total. The van der Waals surface area contributed by atoms with Crippen LogP contribution < -0.4 is 0 Å². The van der Waals surface area contributed by atoms with Gasteiger partial charge in [-0.1, -0.05) is 89.9 Å². The minimum absolute atomic E-state index is 0.0513. The van der Waals surface area contributed by atoms with Gasteiger partial charge in [-0.05, 0) is 48.2 Å². The van der Waals surface area contributed by atoms with E-state index in [0.29, 0.717) is 16.0 Å². The van der Waals surface area contributed by atoms with Crippen molar-refractivity contribution in [2.75, 3.05) is 39.3 Å². The number of amides is 1. The van der Waals surface area contributed by atoms with Crippen molar-refractivity contribution in [1.82, 2.24) is 14.7 Å². The monoisotopic (exact) mass is 521 g/mol. The van der Waals surface area contributed by atoms with E-state index in [1.165, 1.54) is 11.1 Å². The molecule has 0 bridgehead atoms. The third-order valence-electron chi connectivity index (χ3n) is 7.49. The first kappa shape index (κ1) is 25.3. The lowest BCUT2D eigenvalue weighted by atomic mass is 9.94. The maximum atomic E-state index is 13.5. The van der Waals surface area contributed by atoms with Crippen LogP contribution in [-0.4, -0.2) is 59.9 Å². The second kappa shape index (κ2) is 11.8. The number of carbonyl (C=O) groups excluding carboxylic acids is 1. The Labute approximate surface area is 224 Å². The molecule has 0 aromatic heterocycles. The van der Waals surface area contributed by atoms with Gasteiger partial charge in [-0.15, -0.1) is 0 Å². The van der Waals surface area contributed by atoms with Crippen molar-refractivity contribution >= 4 is 29.1 Å². The fourth-order valence-electron chi connectivity index (χ4n) is 5.63. The van der Waals surface area contributed by atoms with Gasteiger partial charge in [0.1, 0.15) is 0 Å². The standard InChI is InChI=1S/C30H33Cl2N3O/c31-27-14-13-25(28(32)20-27)21-33-15-7-12-26(22-33)30(36)35-18-16-34(17-19-35)29(23-8-3-1-4-9-23)24-10-5-2-6-11-24/h1-6,8-11,13-14,20,26,29H,7,12,15-19,21-22H2. The van der Waals surface area contributed by atoms with E-state index in [4.69, 9.17) is 23.2 Å². The second-order valence-electron chi connectivity index (χ2n) is 9.90. The van der Waals surface area contributed by atoms with Gasteiger partial charge in [-0.25, -0.2) is 0 Å². The van der Waals surface area contributed by atoms with Gasteiger partial charge in [0, 0.05) is 49.3 Å².